The van der Waals surface area contributed by atoms with Crippen LogP contribution in [0.4, 0.5) is 4.39 Å². The van der Waals surface area contributed by atoms with Crippen molar-refractivity contribution in [1.82, 2.24) is 10.9 Å². The normalized spacial score (nSPS) is 10.5. The summed E-state index contributed by atoms with van der Waals surface area (Å²) in [7, 11) is 0. The molecule has 0 heterocycles. The Morgan fingerprint density at radius 3 is 2.36 bits per heavy atom. The molecule has 2 aromatic carbocycles. The number of hydrogen-bond donors (Lipinski definition) is 2. The van der Waals surface area contributed by atoms with E-state index in [2.05, 4.69) is 10.9 Å². The summed E-state index contributed by atoms with van der Waals surface area (Å²) in [5.41, 5.74) is 6.21. The van der Waals surface area contributed by atoms with E-state index in [-0.39, 0.29) is 5.56 Å². The number of nitrogens with one attached hydrogen (secondary N) is 2. The number of amides is 2. The quantitative estimate of drug-likeness (QED) is 0.676. The number of aryl methyl sites for hydroxylation is 1. The predicted molar refractivity (Wildman–Crippen MR) is 82.2 cm³/mol. The number of halogens is 1. The van der Waals surface area contributed by atoms with E-state index < -0.39 is 17.6 Å². The first-order valence-electron chi connectivity index (χ1n) is 6.66. The first kappa shape index (κ1) is 15.4. The van der Waals surface area contributed by atoms with Crippen LogP contribution in [0, 0.1) is 12.7 Å². The summed E-state index contributed by atoms with van der Waals surface area (Å²) >= 11 is 0. The molecular formula is C17H15FN2O2. The van der Waals surface area contributed by atoms with Crippen molar-refractivity contribution in [3.8, 4) is 0 Å². The molecule has 0 unspecified atom stereocenters. The zero-order chi connectivity index (χ0) is 15.9. The molecule has 2 rings (SSSR count). The highest BCUT2D eigenvalue weighted by molar-refractivity contribution is 5.98. The van der Waals surface area contributed by atoms with E-state index in [1.54, 1.807) is 6.08 Å². The average molecular weight is 298 g/mol. The first-order valence-corrected chi connectivity index (χ1v) is 6.66. The van der Waals surface area contributed by atoms with Gasteiger partial charge in [0.05, 0.1) is 5.56 Å². The van der Waals surface area contributed by atoms with Crippen molar-refractivity contribution in [2.45, 2.75) is 6.92 Å². The lowest BCUT2D eigenvalue weighted by atomic mass is 10.1. The second-order valence-corrected chi connectivity index (χ2v) is 4.67. The minimum atomic E-state index is -0.713. The molecule has 0 atom stereocenters. The van der Waals surface area contributed by atoms with E-state index in [9.17, 15) is 14.0 Å². The average Bonchev–Trinajstić information content (AvgIpc) is 2.52. The van der Waals surface area contributed by atoms with Crippen molar-refractivity contribution in [2.24, 2.45) is 0 Å². The summed E-state index contributed by atoms with van der Waals surface area (Å²) in [6.07, 6.45) is 2.90. The summed E-state index contributed by atoms with van der Waals surface area (Å²) in [6.45, 7) is 1.97. The lowest BCUT2D eigenvalue weighted by Gasteiger charge is -2.05. The lowest BCUT2D eigenvalue weighted by Crippen LogP contribution is -2.41. The smallest absolute Gasteiger partial charge is 0.268 e. The predicted octanol–water partition coefficient (Wildman–Crippen LogP) is 2.61. The number of hydrazine groups is 1. The highest BCUT2D eigenvalue weighted by atomic mass is 19.1. The minimum absolute atomic E-state index is 0.134. The number of hydrogen-bond acceptors (Lipinski definition) is 2. The monoisotopic (exact) mass is 298 g/mol. The van der Waals surface area contributed by atoms with Gasteiger partial charge in [0, 0.05) is 6.08 Å². The molecule has 112 valence electrons. The molecular weight excluding hydrogens is 283 g/mol. The minimum Gasteiger partial charge on any atom is -0.268 e. The Kier molecular flexibility index (Phi) is 5.03. The van der Waals surface area contributed by atoms with Crippen LogP contribution in [0.5, 0.6) is 0 Å². The highest BCUT2D eigenvalue weighted by Gasteiger charge is 2.10. The molecule has 2 aromatic rings. The SMILES string of the molecule is Cc1ccc(/C=C/C(=O)NNC(=O)c2ccccc2F)cc1. The summed E-state index contributed by atoms with van der Waals surface area (Å²) in [5, 5.41) is 0. The molecule has 2 amide bonds. The van der Waals surface area contributed by atoms with Crippen LogP contribution < -0.4 is 10.9 Å². The third kappa shape index (κ3) is 4.28. The van der Waals surface area contributed by atoms with Crippen molar-refractivity contribution >= 4 is 17.9 Å². The molecule has 2 N–H and O–H groups in total. The topological polar surface area (TPSA) is 58.2 Å². The molecule has 0 fully saturated rings. The molecule has 0 aliphatic carbocycles. The lowest BCUT2D eigenvalue weighted by molar-refractivity contribution is -0.117. The van der Waals surface area contributed by atoms with Crippen molar-refractivity contribution in [1.29, 1.82) is 0 Å². The second kappa shape index (κ2) is 7.17. The van der Waals surface area contributed by atoms with E-state index >= 15 is 0 Å². The molecule has 0 saturated heterocycles. The van der Waals surface area contributed by atoms with Crippen LogP contribution in [0.15, 0.2) is 54.6 Å². The van der Waals surface area contributed by atoms with Gasteiger partial charge < -0.3 is 0 Å². The van der Waals surface area contributed by atoms with Crippen LogP contribution in [0.3, 0.4) is 0 Å². The zero-order valence-electron chi connectivity index (χ0n) is 12.0. The molecule has 0 aliphatic heterocycles. The molecule has 5 heteroatoms. The number of benzene rings is 2. The fourth-order valence-corrected chi connectivity index (χ4v) is 1.72. The van der Waals surface area contributed by atoms with Crippen LogP contribution in [-0.2, 0) is 4.79 Å². The summed E-state index contributed by atoms with van der Waals surface area (Å²) < 4.78 is 13.4. The summed E-state index contributed by atoms with van der Waals surface area (Å²) in [5.74, 6) is -1.87. The maximum atomic E-state index is 13.4. The third-order valence-electron chi connectivity index (χ3n) is 2.92. The molecule has 4 nitrogen and oxygen atoms in total. The van der Waals surface area contributed by atoms with Gasteiger partial charge >= 0.3 is 0 Å². The van der Waals surface area contributed by atoms with Crippen molar-refractivity contribution < 1.29 is 14.0 Å². The van der Waals surface area contributed by atoms with E-state index in [0.29, 0.717) is 0 Å². The fourth-order valence-electron chi connectivity index (χ4n) is 1.72. The van der Waals surface area contributed by atoms with Gasteiger partial charge in [-0.2, -0.15) is 0 Å². The second-order valence-electron chi connectivity index (χ2n) is 4.67. The number of carbonyl (C=O) groups is 2. The third-order valence-corrected chi connectivity index (χ3v) is 2.92. The van der Waals surface area contributed by atoms with Gasteiger partial charge in [0.25, 0.3) is 11.8 Å². The molecule has 0 saturated carbocycles. The van der Waals surface area contributed by atoms with Crippen LogP contribution in [0.1, 0.15) is 21.5 Å². The van der Waals surface area contributed by atoms with Gasteiger partial charge in [-0.3, -0.25) is 20.4 Å². The number of carbonyl (C=O) groups excluding carboxylic acids is 2. The van der Waals surface area contributed by atoms with Gasteiger partial charge in [-0.15, -0.1) is 0 Å². The maximum absolute atomic E-state index is 13.4. The molecule has 0 radical (unpaired) electrons. The molecule has 22 heavy (non-hydrogen) atoms. The zero-order valence-corrected chi connectivity index (χ0v) is 12.0. The molecule has 0 aliphatic rings. The molecule has 0 bridgehead atoms. The Morgan fingerprint density at radius 2 is 1.68 bits per heavy atom. The van der Waals surface area contributed by atoms with E-state index in [4.69, 9.17) is 0 Å². The first-order chi connectivity index (χ1) is 10.6. The van der Waals surface area contributed by atoms with Crippen LogP contribution in [0.2, 0.25) is 0 Å². The van der Waals surface area contributed by atoms with E-state index in [1.165, 1.54) is 30.3 Å². The Labute approximate surface area is 127 Å². The highest BCUT2D eigenvalue weighted by Crippen LogP contribution is 2.06. The molecule has 0 aromatic heterocycles. The van der Waals surface area contributed by atoms with Gasteiger partial charge in [-0.1, -0.05) is 42.0 Å². The van der Waals surface area contributed by atoms with E-state index in [0.717, 1.165) is 11.1 Å². The van der Waals surface area contributed by atoms with Gasteiger partial charge in [-0.05, 0) is 30.7 Å². The largest absolute Gasteiger partial charge is 0.272 e. The van der Waals surface area contributed by atoms with Crippen molar-refractivity contribution in [3.63, 3.8) is 0 Å². The maximum Gasteiger partial charge on any atom is 0.272 e. The van der Waals surface area contributed by atoms with Gasteiger partial charge in [0.2, 0.25) is 0 Å². The van der Waals surface area contributed by atoms with Gasteiger partial charge in [0.15, 0.2) is 0 Å². The van der Waals surface area contributed by atoms with Crippen molar-refractivity contribution in [2.75, 3.05) is 0 Å². The summed E-state index contributed by atoms with van der Waals surface area (Å²) in [4.78, 5) is 23.3. The Balaban J connectivity index is 1.89. The standard InChI is InChI=1S/C17H15FN2O2/c1-12-6-8-13(9-7-12)10-11-16(21)19-20-17(22)14-4-2-3-5-15(14)18/h2-11H,1H3,(H,19,21)(H,20,22)/b11-10+. The summed E-state index contributed by atoms with van der Waals surface area (Å²) in [6, 6.07) is 13.1. The molecule has 0 spiro atoms. The Morgan fingerprint density at radius 1 is 1.00 bits per heavy atom. The number of rotatable bonds is 3. The Bertz CT molecular complexity index is 709. The fraction of sp³-hybridized carbons (Fsp3) is 0.0588. The van der Waals surface area contributed by atoms with Gasteiger partial charge in [0.1, 0.15) is 5.82 Å². The van der Waals surface area contributed by atoms with Crippen molar-refractivity contribution in [3.05, 3.63) is 77.1 Å². The van der Waals surface area contributed by atoms with Crippen LogP contribution >= 0.6 is 0 Å². The van der Waals surface area contributed by atoms with Crippen LogP contribution in [-0.4, -0.2) is 11.8 Å². The Hall–Kier alpha value is -2.95. The van der Waals surface area contributed by atoms with Crippen LogP contribution in [0.25, 0.3) is 6.08 Å². The van der Waals surface area contributed by atoms with Gasteiger partial charge in [-0.25, -0.2) is 4.39 Å². The van der Waals surface area contributed by atoms with E-state index in [1.807, 2.05) is 31.2 Å².